The van der Waals surface area contributed by atoms with Crippen LogP contribution in [0.5, 0.6) is 0 Å². The van der Waals surface area contributed by atoms with Crippen LogP contribution in [0, 0.1) is 5.82 Å². The lowest BCUT2D eigenvalue weighted by Gasteiger charge is -2.37. The van der Waals surface area contributed by atoms with E-state index in [4.69, 9.17) is 117 Å². The molecule has 3 amide bonds. The van der Waals surface area contributed by atoms with E-state index in [0.29, 0.717) is 223 Å². The van der Waals surface area contributed by atoms with Gasteiger partial charge in [0.05, 0.1) is 127 Å². The van der Waals surface area contributed by atoms with E-state index in [0.717, 1.165) is 85.2 Å². The number of halogens is 9. The molecule has 4 aliphatic rings. The summed E-state index contributed by atoms with van der Waals surface area (Å²) in [5.74, 6) is -0.854. The van der Waals surface area contributed by atoms with Gasteiger partial charge in [-0.3, -0.25) is 70.5 Å². The fraction of sp³-hybridized carbons (Fsp3) is 0.307. The number of sulfonamides is 4. The van der Waals surface area contributed by atoms with Crippen LogP contribution in [0.15, 0.2) is 170 Å². The van der Waals surface area contributed by atoms with E-state index in [2.05, 4.69) is 38.9 Å². The van der Waals surface area contributed by atoms with Crippen molar-refractivity contribution in [2.75, 3.05) is 142 Å². The first-order chi connectivity index (χ1) is 62.9. The number of rotatable bonds is 22. The Balaban J connectivity index is 0.000000143. The molecule has 704 valence electrons. The molecule has 4 fully saturated rings. The van der Waals surface area contributed by atoms with E-state index in [-0.39, 0.29) is 30.1 Å². The monoisotopic (exact) mass is 2050 g/mol. The first-order valence-corrected chi connectivity index (χ1v) is 52.0. The number of anilines is 4. The average molecular weight is 2050 g/mol. The topological polar surface area (TPSA) is 366 Å². The van der Waals surface area contributed by atoms with Crippen LogP contribution in [0.1, 0.15) is 53.4 Å². The minimum absolute atomic E-state index is 0.0411. The van der Waals surface area contributed by atoms with Gasteiger partial charge in [-0.25, -0.2) is 58.0 Å². The minimum atomic E-state index is -3.47. The molecule has 13 aromatic rings. The smallest absolute Gasteiger partial charge is 0.254 e. The van der Waals surface area contributed by atoms with Crippen molar-refractivity contribution >= 4 is 196 Å². The first-order valence-electron chi connectivity index (χ1n) is 41.5. The van der Waals surface area contributed by atoms with Crippen LogP contribution < -0.4 is 24.2 Å². The van der Waals surface area contributed by atoms with E-state index in [1.807, 2.05) is 40.7 Å². The van der Waals surface area contributed by atoms with Gasteiger partial charge in [-0.1, -0.05) is 92.8 Å². The maximum atomic E-state index is 13.3. The van der Waals surface area contributed by atoms with Gasteiger partial charge >= 0.3 is 0 Å². The molecule has 133 heavy (non-hydrogen) atoms. The summed E-state index contributed by atoms with van der Waals surface area (Å²) in [5, 5.41) is 16.8. The molecule has 45 heteroatoms. The third kappa shape index (κ3) is 25.9. The standard InChI is InChI=1S/C26H24Cl2FN5O3S.C23H27Cl2N5O4S.C20H22Cl2N4O3S.C19H19Cl2N5O3S/c1-38(36,37)31-20-7-9-24-30-25(21-8-4-18(27)14-22(21)28)23(34(24)15-20)16-32-10-12-33(13-11-32)26(35)17-2-5-19(29)6-3-17;1-23(2,32)22(31)29-10-8-28(9-11-29)14-19-21(17-6-4-15(24)12-18(17)25)26-20-7-5-16(13-30(19)20)27-35(3,33)34;1-30(27,28)24-15-4-6-19-23-20(16-5-3-14(21)11-17(16)22)18(26(19)12-15)13-25-7-2-9-29-10-8-25;1-30(28,29)24-13-3-5-17-23-19(14-4-2-12(20)8-15(14)21)16(26(17)9-13)10-25-7-6-22-18(27)11-25/h2-9,14-15,31H,10-13,16H2,1H3;4-7,12-13,27,32H,8-11,14H2,1-3H3;3-6,11-12,24H,2,7-10,13H2,1H3;2-5,8-9,24H,6-7,10-11H2,1H3,(H,22,27). The number of fused-ring (bicyclic) bond motifs is 4. The molecule has 4 saturated heterocycles. The maximum absolute atomic E-state index is 13.3. The molecular formula is C88H92Cl8FN19O13S4. The molecule has 0 saturated carbocycles. The second-order valence-electron chi connectivity index (χ2n) is 32.7. The lowest BCUT2D eigenvalue weighted by molar-refractivity contribution is -0.149. The highest BCUT2D eigenvalue weighted by molar-refractivity contribution is 7.92. The third-order valence-electron chi connectivity index (χ3n) is 21.7. The van der Waals surface area contributed by atoms with Gasteiger partial charge in [-0.05, 0) is 166 Å². The summed E-state index contributed by atoms with van der Waals surface area (Å²) in [5.41, 5.74) is 12.3. The normalized spacial score (nSPS) is 15.4. The number of carbonyl (C=O) groups excluding carboxylic acids is 3. The molecule has 17 rings (SSSR count). The van der Waals surface area contributed by atoms with Crippen molar-refractivity contribution in [2.45, 2.75) is 52.0 Å². The van der Waals surface area contributed by atoms with E-state index in [1.165, 1.54) is 38.1 Å². The molecule has 6 N–H and O–H groups in total. The summed E-state index contributed by atoms with van der Waals surface area (Å²) in [4.78, 5) is 68.3. The first kappa shape index (κ1) is 99.3. The van der Waals surface area contributed by atoms with Gasteiger partial charge in [-0.2, -0.15) is 0 Å². The number of aliphatic hydroxyl groups is 1. The fourth-order valence-electron chi connectivity index (χ4n) is 15.7. The zero-order valence-electron chi connectivity index (χ0n) is 72.4. The van der Waals surface area contributed by atoms with Gasteiger partial charge in [0.25, 0.3) is 11.8 Å². The summed E-state index contributed by atoms with van der Waals surface area (Å²) >= 11 is 50.3. The van der Waals surface area contributed by atoms with Crippen molar-refractivity contribution in [3.8, 4) is 45.0 Å². The minimum Gasteiger partial charge on any atom is -0.381 e. The van der Waals surface area contributed by atoms with Crippen molar-refractivity contribution in [1.82, 2.24) is 72.3 Å². The van der Waals surface area contributed by atoms with Gasteiger partial charge in [0.1, 0.15) is 34.0 Å². The average Bonchev–Trinajstić information content (AvgIpc) is 1.63. The Kier molecular flexibility index (Phi) is 31.2. The van der Waals surface area contributed by atoms with Crippen LogP contribution in [0.4, 0.5) is 27.1 Å². The Morgan fingerprint density at radius 2 is 0.729 bits per heavy atom. The number of amides is 3. The zero-order chi connectivity index (χ0) is 95.3. The van der Waals surface area contributed by atoms with Crippen LogP contribution >= 0.6 is 92.8 Å². The van der Waals surface area contributed by atoms with Gasteiger partial charge in [0.15, 0.2) is 0 Å². The number of imidazole rings is 4. The van der Waals surface area contributed by atoms with Gasteiger partial charge in [0, 0.05) is 184 Å². The van der Waals surface area contributed by atoms with Crippen LogP contribution in [0.25, 0.3) is 67.6 Å². The molecule has 0 bridgehead atoms. The number of pyridine rings is 4. The number of ether oxygens (including phenoxy) is 1. The summed E-state index contributed by atoms with van der Waals surface area (Å²) in [7, 11) is -13.8. The number of hydrogen-bond donors (Lipinski definition) is 6. The summed E-state index contributed by atoms with van der Waals surface area (Å²) in [6.07, 6.45) is 12.2. The number of benzene rings is 5. The highest BCUT2D eigenvalue weighted by atomic mass is 35.5. The number of piperazine rings is 3. The number of nitrogens with one attached hydrogen (secondary N) is 5. The Morgan fingerprint density at radius 3 is 1.04 bits per heavy atom. The summed E-state index contributed by atoms with van der Waals surface area (Å²) in [6.45, 7) is 14.1. The molecule has 12 heterocycles. The van der Waals surface area contributed by atoms with Crippen LogP contribution in [-0.4, -0.2) is 252 Å². The molecule has 0 unspecified atom stereocenters. The molecule has 0 spiro atoms. The molecule has 8 aromatic heterocycles. The molecular weight excluding hydrogens is 1960 g/mol. The number of nitrogens with zero attached hydrogens (tertiary/aromatic N) is 14. The Morgan fingerprint density at radius 1 is 0.414 bits per heavy atom. The highest BCUT2D eigenvalue weighted by Crippen LogP contribution is 2.40. The summed E-state index contributed by atoms with van der Waals surface area (Å²) < 4.78 is 130. The lowest BCUT2D eigenvalue weighted by Crippen LogP contribution is -2.53. The molecule has 4 aliphatic heterocycles. The Hall–Kier alpha value is -9.72. The van der Waals surface area contributed by atoms with E-state index in [1.54, 1.807) is 138 Å². The quantitative estimate of drug-likeness (QED) is 0.0367. The van der Waals surface area contributed by atoms with Gasteiger partial charge < -0.3 is 25.0 Å². The second kappa shape index (κ2) is 41.9. The van der Waals surface area contributed by atoms with E-state index < -0.39 is 45.7 Å². The molecule has 32 nitrogen and oxygen atoms in total. The molecule has 5 aromatic carbocycles. The van der Waals surface area contributed by atoms with Crippen molar-refractivity contribution in [3.05, 3.63) is 245 Å². The van der Waals surface area contributed by atoms with Crippen molar-refractivity contribution in [2.24, 2.45) is 0 Å². The molecule has 0 atom stereocenters. The van der Waals surface area contributed by atoms with Crippen LogP contribution in [0.2, 0.25) is 40.2 Å². The SMILES string of the molecule is CC(C)(O)C(=O)N1CCN(Cc2c(-c3ccc(Cl)cc3Cl)nc3ccc(NS(C)(=O)=O)cn23)CC1.CS(=O)(=O)Nc1ccc2nc(-c3ccc(Cl)cc3Cl)c(CN3CCCOCC3)n2c1.CS(=O)(=O)Nc1ccc2nc(-c3ccc(Cl)cc3Cl)c(CN3CCN(C(=O)c4ccc(F)cc4)CC3)n2c1.CS(=O)(=O)Nc1ccc2nc(-c3ccc(Cl)cc3Cl)c(CN3CCNC(=O)C3)n2c1. The van der Waals surface area contributed by atoms with Crippen molar-refractivity contribution in [3.63, 3.8) is 0 Å². The third-order valence-corrected chi connectivity index (χ3v) is 26.3. The number of aromatic nitrogens is 8. The van der Waals surface area contributed by atoms with Crippen molar-refractivity contribution in [1.29, 1.82) is 0 Å². The summed E-state index contributed by atoms with van der Waals surface area (Å²) in [6, 6.07) is 40.1. The highest BCUT2D eigenvalue weighted by Gasteiger charge is 2.34. The fourth-order valence-corrected chi connectivity index (χ4v) is 19.9. The maximum Gasteiger partial charge on any atom is 0.254 e. The predicted molar refractivity (Wildman–Crippen MR) is 521 cm³/mol. The number of hydrogen-bond acceptors (Lipinski definition) is 21. The van der Waals surface area contributed by atoms with Crippen molar-refractivity contribution < 1.29 is 62.3 Å². The van der Waals surface area contributed by atoms with Crippen LogP contribution in [0.3, 0.4) is 0 Å². The molecule has 0 aliphatic carbocycles. The van der Waals surface area contributed by atoms with Crippen LogP contribution in [-0.2, 0) is 80.6 Å². The predicted octanol–water partition coefficient (Wildman–Crippen LogP) is 14.4. The van der Waals surface area contributed by atoms with E-state index in [9.17, 15) is 57.6 Å². The Labute approximate surface area is 808 Å². The van der Waals surface area contributed by atoms with E-state index >= 15 is 0 Å². The van der Waals surface area contributed by atoms with Gasteiger partial charge in [0.2, 0.25) is 46.0 Å². The lowest BCUT2D eigenvalue weighted by atomic mass is 10.1. The second-order valence-corrected chi connectivity index (χ2v) is 43.1. The Bertz CT molecular complexity index is 7070. The van der Waals surface area contributed by atoms with Gasteiger partial charge in [-0.15, -0.1) is 0 Å². The largest absolute Gasteiger partial charge is 0.381 e. The molecule has 0 radical (unpaired) electrons. The number of carbonyl (C=O) groups is 3. The zero-order valence-corrected chi connectivity index (χ0v) is 81.8.